The summed E-state index contributed by atoms with van der Waals surface area (Å²) in [5, 5.41) is 0. The molecule has 0 aliphatic heterocycles. The Bertz CT molecular complexity index is 262. The van der Waals surface area contributed by atoms with E-state index in [4.69, 9.17) is 5.73 Å². The maximum atomic E-state index is 5.75. The van der Waals surface area contributed by atoms with Gasteiger partial charge in [-0.15, -0.1) is 12.4 Å². The van der Waals surface area contributed by atoms with Gasteiger partial charge in [0.15, 0.2) is 0 Å². The lowest BCUT2D eigenvalue weighted by Gasteiger charge is -2.05. The Kier molecular flexibility index (Phi) is 2.58. The molecule has 1 fully saturated rings. The van der Waals surface area contributed by atoms with Gasteiger partial charge in [-0.05, 0) is 37.3 Å². The highest BCUT2D eigenvalue weighted by Crippen LogP contribution is 2.43. The third kappa shape index (κ3) is 1.53. The zero-order valence-corrected chi connectivity index (χ0v) is 7.90. The van der Waals surface area contributed by atoms with Gasteiger partial charge in [0.05, 0.1) is 0 Å². The van der Waals surface area contributed by atoms with Crippen LogP contribution in [0.15, 0.2) is 12.3 Å². The molecule has 1 aliphatic carbocycles. The molecule has 1 aliphatic rings. The summed E-state index contributed by atoms with van der Waals surface area (Å²) in [6.07, 6.45) is 4.35. The number of nitrogen functional groups attached to an aromatic ring is 1. The molecule has 0 spiro atoms. The maximum absolute atomic E-state index is 5.75. The van der Waals surface area contributed by atoms with E-state index in [0.29, 0.717) is 5.92 Å². The van der Waals surface area contributed by atoms with Crippen LogP contribution in [0.5, 0.6) is 0 Å². The van der Waals surface area contributed by atoms with Crippen molar-refractivity contribution < 1.29 is 0 Å². The topological polar surface area (TPSA) is 38.9 Å². The van der Waals surface area contributed by atoms with Gasteiger partial charge in [-0.1, -0.05) is 0 Å². The summed E-state index contributed by atoms with van der Waals surface area (Å²) < 4.78 is 0. The predicted octanol–water partition coefficient (Wildman–Crippen LogP) is 2.27. The van der Waals surface area contributed by atoms with Gasteiger partial charge in [-0.3, -0.25) is 0 Å². The van der Waals surface area contributed by atoms with Crippen molar-refractivity contribution >= 4 is 18.2 Å². The van der Waals surface area contributed by atoms with Gasteiger partial charge in [0, 0.05) is 11.8 Å². The monoisotopic (exact) mass is 184 g/mol. The highest BCUT2D eigenvalue weighted by atomic mass is 35.5. The van der Waals surface area contributed by atoms with Crippen molar-refractivity contribution in [2.45, 2.75) is 25.7 Å². The number of rotatable bonds is 1. The number of halogens is 1. The molecule has 0 unspecified atom stereocenters. The number of aromatic nitrogens is 1. The Labute approximate surface area is 78.6 Å². The second-order valence-corrected chi connectivity index (χ2v) is 3.20. The van der Waals surface area contributed by atoms with Crippen molar-refractivity contribution in [2.24, 2.45) is 0 Å². The van der Waals surface area contributed by atoms with Crippen molar-refractivity contribution in [3.63, 3.8) is 0 Å². The predicted molar refractivity (Wildman–Crippen MR) is 52.6 cm³/mol. The van der Waals surface area contributed by atoms with Crippen LogP contribution in [0.2, 0.25) is 0 Å². The molecule has 0 radical (unpaired) electrons. The normalized spacial score (nSPS) is 15.4. The second kappa shape index (κ2) is 3.31. The first-order valence-corrected chi connectivity index (χ1v) is 4.00. The Balaban J connectivity index is 0.000000720. The van der Waals surface area contributed by atoms with Crippen molar-refractivity contribution in [3.05, 3.63) is 23.4 Å². The summed E-state index contributed by atoms with van der Waals surface area (Å²) >= 11 is 0. The fraction of sp³-hybridized carbons (Fsp3) is 0.444. The number of nitrogens with zero attached hydrogens (tertiary/aromatic N) is 1. The molecule has 66 valence electrons. The van der Waals surface area contributed by atoms with Crippen molar-refractivity contribution in [2.75, 3.05) is 5.73 Å². The Morgan fingerprint density at radius 2 is 2.17 bits per heavy atom. The highest BCUT2D eigenvalue weighted by Gasteiger charge is 2.27. The number of aryl methyl sites for hydroxylation is 1. The molecule has 12 heavy (non-hydrogen) atoms. The van der Waals surface area contributed by atoms with E-state index in [1.165, 1.54) is 24.0 Å². The molecule has 1 heterocycles. The van der Waals surface area contributed by atoms with Crippen LogP contribution >= 0.6 is 12.4 Å². The van der Waals surface area contributed by atoms with Gasteiger partial charge < -0.3 is 5.73 Å². The summed E-state index contributed by atoms with van der Waals surface area (Å²) in [4.78, 5) is 4.08. The summed E-state index contributed by atoms with van der Waals surface area (Å²) in [5.41, 5.74) is 8.33. The lowest BCUT2D eigenvalue weighted by molar-refractivity contribution is 1.07. The third-order valence-corrected chi connectivity index (χ3v) is 2.22. The van der Waals surface area contributed by atoms with E-state index < -0.39 is 0 Å². The summed E-state index contributed by atoms with van der Waals surface area (Å²) in [6.45, 7) is 2.10. The molecule has 0 amide bonds. The minimum Gasteiger partial charge on any atom is -0.383 e. The first-order valence-electron chi connectivity index (χ1n) is 4.00. The number of anilines is 1. The number of hydrogen-bond donors (Lipinski definition) is 1. The number of hydrogen-bond acceptors (Lipinski definition) is 2. The molecule has 0 aromatic carbocycles. The quantitative estimate of drug-likeness (QED) is 0.728. The van der Waals surface area contributed by atoms with Crippen LogP contribution < -0.4 is 5.73 Å². The van der Waals surface area contributed by atoms with E-state index in [9.17, 15) is 0 Å². The average molecular weight is 185 g/mol. The SMILES string of the molecule is Cc1ccnc(N)c1C1CC1.Cl. The lowest BCUT2D eigenvalue weighted by Crippen LogP contribution is -1.97. The van der Waals surface area contributed by atoms with Crippen LogP contribution in [0.25, 0.3) is 0 Å². The molecule has 1 saturated carbocycles. The maximum Gasteiger partial charge on any atom is 0.127 e. The van der Waals surface area contributed by atoms with E-state index in [2.05, 4.69) is 11.9 Å². The number of pyridine rings is 1. The lowest BCUT2D eigenvalue weighted by atomic mass is 10.1. The molecule has 0 saturated heterocycles. The summed E-state index contributed by atoms with van der Waals surface area (Å²) in [5.74, 6) is 1.44. The van der Waals surface area contributed by atoms with Gasteiger partial charge in [0.1, 0.15) is 5.82 Å². The molecule has 1 aromatic rings. The fourth-order valence-electron chi connectivity index (χ4n) is 1.49. The number of nitrogens with two attached hydrogens (primary N) is 1. The first kappa shape index (κ1) is 9.33. The third-order valence-electron chi connectivity index (χ3n) is 2.22. The van der Waals surface area contributed by atoms with Gasteiger partial charge in [-0.2, -0.15) is 0 Å². The van der Waals surface area contributed by atoms with E-state index in [1.807, 2.05) is 6.07 Å². The molecule has 2 nitrogen and oxygen atoms in total. The van der Waals surface area contributed by atoms with E-state index in [1.54, 1.807) is 6.20 Å². The molecule has 0 atom stereocenters. The van der Waals surface area contributed by atoms with Crippen LogP contribution in [-0.4, -0.2) is 4.98 Å². The second-order valence-electron chi connectivity index (χ2n) is 3.20. The molecule has 1 aromatic heterocycles. The Morgan fingerprint density at radius 3 is 2.67 bits per heavy atom. The van der Waals surface area contributed by atoms with Crippen molar-refractivity contribution in [3.8, 4) is 0 Å². The first-order chi connectivity index (χ1) is 5.29. The summed E-state index contributed by atoms with van der Waals surface area (Å²) in [6, 6.07) is 2.03. The van der Waals surface area contributed by atoms with Crippen LogP contribution in [-0.2, 0) is 0 Å². The Morgan fingerprint density at radius 1 is 1.50 bits per heavy atom. The smallest absolute Gasteiger partial charge is 0.127 e. The molecular formula is C9H13ClN2. The standard InChI is InChI=1S/C9H12N2.ClH/c1-6-4-5-11-9(10)8(6)7-2-3-7;/h4-5,7H,2-3H2,1H3,(H2,10,11);1H. The minimum absolute atomic E-state index is 0. The van der Waals surface area contributed by atoms with Crippen LogP contribution in [0.4, 0.5) is 5.82 Å². The van der Waals surface area contributed by atoms with Crippen LogP contribution in [0.3, 0.4) is 0 Å². The minimum atomic E-state index is 0. The molecular weight excluding hydrogens is 172 g/mol. The van der Waals surface area contributed by atoms with Gasteiger partial charge in [-0.25, -0.2) is 4.98 Å². The average Bonchev–Trinajstić information content (AvgIpc) is 2.70. The van der Waals surface area contributed by atoms with E-state index in [-0.39, 0.29) is 12.4 Å². The molecule has 2 rings (SSSR count). The zero-order valence-electron chi connectivity index (χ0n) is 7.08. The highest BCUT2D eigenvalue weighted by molar-refractivity contribution is 5.85. The molecule has 3 heteroatoms. The van der Waals surface area contributed by atoms with Crippen LogP contribution in [0, 0.1) is 6.92 Å². The van der Waals surface area contributed by atoms with Gasteiger partial charge in [0.25, 0.3) is 0 Å². The van der Waals surface area contributed by atoms with Crippen LogP contribution in [0.1, 0.15) is 29.9 Å². The van der Waals surface area contributed by atoms with Crippen molar-refractivity contribution in [1.29, 1.82) is 0 Å². The van der Waals surface area contributed by atoms with Gasteiger partial charge >= 0.3 is 0 Å². The van der Waals surface area contributed by atoms with E-state index >= 15 is 0 Å². The summed E-state index contributed by atoms with van der Waals surface area (Å²) in [7, 11) is 0. The zero-order chi connectivity index (χ0) is 7.84. The largest absolute Gasteiger partial charge is 0.383 e. The fourth-order valence-corrected chi connectivity index (χ4v) is 1.49. The molecule has 2 N–H and O–H groups in total. The molecule has 0 bridgehead atoms. The van der Waals surface area contributed by atoms with E-state index in [0.717, 1.165) is 5.82 Å². The van der Waals surface area contributed by atoms with Gasteiger partial charge in [0.2, 0.25) is 0 Å². The Hall–Kier alpha value is -0.760. The van der Waals surface area contributed by atoms with Crippen molar-refractivity contribution in [1.82, 2.24) is 4.98 Å².